The van der Waals surface area contributed by atoms with E-state index in [0.29, 0.717) is 0 Å². The van der Waals surface area contributed by atoms with Crippen molar-refractivity contribution < 1.29 is 4.42 Å². The van der Waals surface area contributed by atoms with E-state index in [2.05, 4.69) is 31.9 Å². The van der Waals surface area contributed by atoms with Crippen LogP contribution in [-0.2, 0) is 0 Å². The highest BCUT2D eigenvalue weighted by Gasteiger charge is 2.18. The lowest BCUT2D eigenvalue weighted by Gasteiger charge is -2.11. The minimum atomic E-state index is -0.282. The van der Waals surface area contributed by atoms with Crippen LogP contribution in [0.2, 0.25) is 0 Å². The molecule has 0 aliphatic heterocycles. The van der Waals surface area contributed by atoms with Gasteiger partial charge in [0.25, 0.3) is 0 Å². The number of aryl methyl sites for hydroxylation is 2. The van der Waals surface area contributed by atoms with Crippen molar-refractivity contribution in [3.63, 3.8) is 0 Å². The van der Waals surface area contributed by atoms with Crippen LogP contribution in [0.25, 0.3) is 0 Å². The molecule has 0 saturated heterocycles. The number of alkyl halides is 1. The molecule has 0 N–H and O–H groups in total. The maximum Gasteiger partial charge on any atom is 0.126 e. The monoisotopic (exact) mass is 376 g/mol. The number of benzene rings is 1. The summed E-state index contributed by atoms with van der Waals surface area (Å²) in [6, 6.07) is 7.90. The summed E-state index contributed by atoms with van der Waals surface area (Å²) in [6.45, 7) is 3.95. The molecule has 0 bridgehead atoms. The second-order valence-corrected chi connectivity index (χ2v) is 6.08. The Morgan fingerprint density at radius 2 is 1.82 bits per heavy atom. The van der Waals surface area contributed by atoms with Crippen molar-refractivity contribution >= 4 is 43.5 Å². The van der Waals surface area contributed by atoms with Crippen LogP contribution >= 0.6 is 43.5 Å². The first-order valence-corrected chi connectivity index (χ1v) is 7.17. The third-order valence-electron chi connectivity index (χ3n) is 2.56. The summed E-state index contributed by atoms with van der Waals surface area (Å²) in [6.07, 6.45) is 0. The third-order valence-corrected chi connectivity index (χ3v) is 4.55. The van der Waals surface area contributed by atoms with E-state index in [1.165, 1.54) is 5.56 Å². The van der Waals surface area contributed by atoms with Crippen molar-refractivity contribution in [2.75, 3.05) is 0 Å². The van der Waals surface area contributed by atoms with Crippen LogP contribution in [-0.4, -0.2) is 0 Å². The molecule has 2 aromatic rings. The molecule has 1 nitrogen and oxygen atoms in total. The molecule has 1 unspecified atom stereocenters. The molecule has 0 amide bonds. The summed E-state index contributed by atoms with van der Waals surface area (Å²) in [5.41, 5.74) is 2.17. The van der Waals surface area contributed by atoms with Crippen molar-refractivity contribution in [2.24, 2.45) is 0 Å². The standard InChI is InChI=1S/C13H11Br2ClO/c1-7-5-11(15)9(6-10(7)14)13(16)12-4-3-8(2)17-12/h3-6,13H,1-2H3. The van der Waals surface area contributed by atoms with E-state index in [0.717, 1.165) is 26.0 Å². The highest BCUT2D eigenvalue weighted by Crippen LogP contribution is 2.37. The van der Waals surface area contributed by atoms with E-state index in [4.69, 9.17) is 16.0 Å². The maximum absolute atomic E-state index is 6.43. The Balaban J connectivity index is 2.43. The van der Waals surface area contributed by atoms with Gasteiger partial charge in [-0.2, -0.15) is 0 Å². The fourth-order valence-electron chi connectivity index (χ4n) is 1.60. The zero-order valence-electron chi connectivity index (χ0n) is 9.43. The lowest BCUT2D eigenvalue weighted by atomic mass is 10.1. The summed E-state index contributed by atoms with van der Waals surface area (Å²) in [5, 5.41) is -0.282. The summed E-state index contributed by atoms with van der Waals surface area (Å²) in [5.74, 6) is 1.63. The molecule has 1 heterocycles. The normalized spacial score (nSPS) is 12.8. The zero-order chi connectivity index (χ0) is 12.6. The number of hydrogen-bond acceptors (Lipinski definition) is 1. The Kier molecular flexibility index (Phi) is 4.01. The molecule has 1 atom stereocenters. The Morgan fingerprint density at radius 1 is 1.12 bits per heavy atom. The number of rotatable bonds is 2. The van der Waals surface area contributed by atoms with Gasteiger partial charge < -0.3 is 4.42 Å². The van der Waals surface area contributed by atoms with Crippen molar-refractivity contribution in [3.05, 3.63) is 55.9 Å². The molecule has 17 heavy (non-hydrogen) atoms. The Labute approximate surface area is 122 Å². The highest BCUT2D eigenvalue weighted by molar-refractivity contribution is 9.11. The van der Waals surface area contributed by atoms with Gasteiger partial charge in [-0.25, -0.2) is 0 Å². The van der Waals surface area contributed by atoms with E-state index < -0.39 is 0 Å². The Morgan fingerprint density at radius 3 is 2.41 bits per heavy atom. The molecule has 0 spiro atoms. The van der Waals surface area contributed by atoms with E-state index >= 15 is 0 Å². The van der Waals surface area contributed by atoms with Gasteiger partial charge in [-0.3, -0.25) is 0 Å². The molecule has 0 aliphatic carbocycles. The molecule has 0 saturated carbocycles. The van der Waals surface area contributed by atoms with Crippen LogP contribution in [0, 0.1) is 13.8 Å². The van der Waals surface area contributed by atoms with Crippen LogP contribution < -0.4 is 0 Å². The average Bonchev–Trinajstić information content (AvgIpc) is 2.69. The van der Waals surface area contributed by atoms with Gasteiger partial charge in [0.2, 0.25) is 0 Å². The third kappa shape index (κ3) is 2.78. The fraction of sp³-hybridized carbons (Fsp3) is 0.231. The van der Waals surface area contributed by atoms with Crippen molar-refractivity contribution in [3.8, 4) is 0 Å². The maximum atomic E-state index is 6.43. The topological polar surface area (TPSA) is 13.1 Å². The SMILES string of the molecule is Cc1ccc(C(Cl)c2cc(Br)c(C)cc2Br)o1. The van der Waals surface area contributed by atoms with Crippen molar-refractivity contribution in [1.29, 1.82) is 0 Å². The van der Waals surface area contributed by atoms with Gasteiger partial charge in [0.1, 0.15) is 16.9 Å². The highest BCUT2D eigenvalue weighted by atomic mass is 79.9. The summed E-state index contributed by atoms with van der Waals surface area (Å²) >= 11 is 13.5. The van der Waals surface area contributed by atoms with Gasteiger partial charge in [-0.1, -0.05) is 31.9 Å². The predicted molar refractivity (Wildman–Crippen MR) is 77.7 cm³/mol. The molecule has 2 rings (SSSR count). The second-order valence-electron chi connectivity index (χ2n) is 3.93. The summed E-state index contributed by atoms with van der Waals surface area (Å²) in [7, 11) is 0. The Hall–Kier alpha value is -0.250. The van der Waals surface area contributed by atoms with Gasteiger partial charge >= 0.3 is 0 Å². The zero-order valence-corrected chi connectivity index (χ0v) is 13.4. The number of halogens is 3. The summed E-state index contributed by atoms with van der Waals surface area (Å²) in [4.78, 5) is 0. The van der Waals surface area contributed by atoms with Gasteiger partial charge in [-0.15, -0.1) is 11.6 Å². The smallest absolute Gasteiger partial charge is 0.126 e. The Bertz CT molecular complexity index is 548. The predicted octanol–water partition coefficient (Wildman–Crippen LogP) is 5.75. The van der Waals surface area contributed by atoms with Crippen molar-refractivity contribution in [1.82, 2.24) is 0 Å². The lowest BCUT2D eigenvalue weighted by molar-refractivity contribution is 0.489. The van der Waals surface area contributed by atoms with Crippen LogP contribution in [0.5, 0.6) is 0 Å². The molecular formula is C13H11Br2ClO. The minimum absolute atomic E-state index is 0.282. The molecule has 90 valence electrons. The number of furan rings is 1. The number of hydrogen-bond donors (Lipinski definition) is 0. The van der Waals surface area contributed by atoms with Gasteiger partial charge in [0.05, 0.1) is 0 Å². The molecule has 4 heteroatoms. The lowest BCUT2D eigenvalue weighted by Crippen LogP contribution is -1.94. The minimum Gasteiger partial charge on any atom is -0.464 e. The largest absolute Gasteiger partial charge is 0.464 e. The van der Waals surface area contributed by atoms with Crippen LogP contribution in [0.1, 0.15) is 28.0 Å². The first kappa shape index (κ1) is 13.2. The van der Waals surface area contributed by atoms with E-state index in [1.54, 1.807) is 0 Å². The van der Waals surface area contributed by atoms with E-state index in [-0.39, 0.29) is 5.38 Å². The molecule has 0 fully saturated rings. The van der Waals surface area contributed by atoms with Crippen LogP contribution in [0.15, 0.2) is 37.6 Å². The molecule has 0 aliphatic rings. The molecule has 1 aromatic carbocycles. The molecule has 1 aromatic heterocycles. The summed E-state index contributed by atoms with van der Waals surface area (Å²) < 4.78 is 7.60. The van der Waals surface area contributed by atoms with Crippen molar-refractivity contribution in [2.45, 2.75) is 19.2 Å². The quantitative estimate of drug-likeness (QED) is 0.607. The molecule has 0 radical (unpaired) electrons. The van der Waals surface area contributed by atoms with Crippen LogP contribution in [0.3, 0.4) is 0 Å². The van der Waals surface area contributed by atoms with Crippen LogP contribution in [0.4, 0.5) is 0 Å². The van der Waals surface area contributed by atoms with Gasteiger partial charge in [0, 0.05) is 8.95 Å². The second kappa shape index (κ2) is 5.17. The fourth-order valence-corrected chi connectivity index (χ4v) is 3.08. The van der Waals surface area contributed by atoms with Gasteiger partial charge in [-0.05, 0) is 49.2 Å². The van der Waals surface area contributed by atoms with E-state index in [9.17, 15) is 0 Å². The van der Waals surface area contributed by atoms with E-state index in [1.807, 2.05) is 38.1 Å². The molecular weight excluding hydrogens is 367 g/mol. The average molecular weight is 378 g/mol. The van der Waals surface area contributed by atoms with Gasteiger partial charge in [0.15, 0.2) is 0 Å². The first-order chi connectivity index (χ1) is 7.99. The first-order valence-electron chi connectivity index (χ1n) is 5.15.